The fraction of sp³-hybridized carbons (Fsp3) is 0.312. The Hall–Kier alpha value is -1.09. The van der Waals surface area contributed by atoms with Gasteiger partial charge in [-0.1, -0.05) is 48.3 Å². The SMILES string of the molecule is CCCNC(c1cccnc1C)c1cccc(Cl)c1Cl. The maximum absolute atomic E-state index is 6.38. The Morgan fingerprint density at radius 2 is 1.90 bits per heavy atom. The largest absolute Gasteiger partial charge is 0.306 e. The quantitative estimate of drug-likeness (QED) is 0.859. The number of nitrogens with zero attached hydrogens (tertiary/aromatic N) is 1. The van der Waals surface area contributed by atoms with Gasteiger partial charge in [-0.25, -0.2) is 0 Å². The van der Waals surface area contributed by atoms with E-state index in [1.165, 1.54) is 0 Å². The van der Waals surface area contributed by atoms with Crippen LogP contribution in [-0.4, -0.2) is 11.5 Å². The highest BCUT2D eigenvalue weighted by molar-refractivity contribution is 6.42. The smallest absolute Gasteiger partial charge is 0.0643 e. The van der Waals surface area contributed by atoms with Gasteiger partial charge in [0.2, 0.25) is 0 Å². The van der Waals surface area contributed by atoms with Gasteiger partial charge < -0.3 is 5.32 Å². The molecular formula is C16H18Cl2N2. The predicted octanol–water partition coefficient (Wildman–Crippen LogP) is 4.79. The topological polar surface area (TPSA) is 24.9 Å². The van der Waals surface area contributed by atoms with Crippen LogP contribution in [0.1, 0.15) is 36.2 Å². The third-order valence-corrected chi connectivity index (χ3v) is 4.08. The first kappa shape index (κ1) is 15.3. The highest BCUT2D eigenvalue weighted by Crippen LogP contribution is 2.33. The van der Waals surface area contributed by atoms with Crippen LogP contribution in [0.25, 0.3) is 0 Å². The zero-order valence-corrected chi connectivity index (χ0v) is 13.2. The second kappa shape index (κ2) is 7.07. The van der Waals surface area contributed by atoms with Gasteiger partial charge in [0.25, 0.3) is 0 Å². The number of nitrogens with one attached hydrogen (secondary N) is 1. The molecule has 1 heterocycles. The van der Waals surface area contributed by atoms with Gasteiger partial charge in [0.05, 0.1) is 16.1 Å². The molecule has 2 rings (SSSR count). The van der Waals surface area contributed by atoms with Crippen molar-refractivity contribution in [3.05, 3.63) is 63.4 Å². The summed E-state index contributed by atoms with van der Waals surface area (Å²) in [4.78, 5) is 4.37. The fourth-order valence-corrected chi connectivity index (χ4v) is 2.64. The lowest BCUT2D eigenvalue weighted by molar-refractivity contribution is 0.594. The Morgan fingerprint density at radius 3 is 2.60 bits per heavy atom. The van der Waals surface area contributed by atoms with Crippen molar-refractivity contribution in [1.82, 2.24) is 10.3 Å². The molecule has 1 unspecified atom stereocenters. The molecule has 0 spiro atoms. The van der Waals surface area contributed by atoms with E-state index in [1.807, 2.05) is 25.1 Å². The molecule has 0 aliphatic rings. The molecular weight excluding hydrogens is 291 g/mol. The molecule has 1 aromatic heterocycles. The Labute approximate surface area is 130 Å². The van der Waals surface area contributed by atoms with Crippen LogP contribution >= 0.6 is 23.2 Å². The van der Waals surface area contributed by atoms with E-state index in [1.54, 1.807) is 12.3 Å². The molecule has 0 amide bonds. The Balaban J connectivity index is 2.47. The lowest BCUT2D eigenvalue weighted by Crippen LogP contribution is -2.24. The van der Waals surface area contributed by atoms with Gasteiger partial charge in [0, 0.05) is 11.9 Å². The first-order chi connectivity index (χ1) is 9.65. The summed E-state index contributed by atoms with van der Waals surface area (Å²) in [6, 6.07) is 9.77. The second-order valence-corrected chi connectivity index (χ2v) is 5.49. The van der Waals surface area contributed by atoms with Gasteiger partial charge in [-0.05, 0) is 43.1 Å². The van der Waals surface area contributed by atoms with E-state index in [-0.39, 0.29) is 6.04 Å². The van der Waals surface area contributed by atoms with E-state index >= 15 is 0 Å². The summed E-state index contributed by atoms with van der Waals surface area (Å²) >= 11 is 12.5. The van der Waals surface area contributed by atoms with Gasteiger partial charge >= 0.3 is 0 Å². The number of halogens is 2. The van der Waals surface area contributed by atoms with Crippen molar-refractivity contribution in [2.24, 2.45) is 0 Å². The molecule has 0 radical (unpaired) electrons. The highest BCUT2D eigenvalue weighted by atomic mass is 35.5. The van der Waals surface area contributed by atoms with Crippen LogP contribution in [0.15, 0.2) is 36.5 Å². The minimum atomic E-state index is 0.00912. The van der Waals surface area contributed by atoms with Crippen LogP contribution in [0, 0.1) is 6.92 Å². The van der Waals surface area contributed by atoms with Gasteiger partial charge in [-0.2, -0.15) is 0 Å². The lowest BCUT2D eigenvalue weighted by Gasteiger charge is -2.22. The van der Waals surface area contributed by atoms with E-state index in [0.29, 0.717) is 10.0 Å². The molecule has 2 aromatic rings. The van der Waals surface area contributed by atoms with Crippen molar-refractivity contribution < 1.29 is 0 Å². The summed E-state index contributed by atoms with van der Waals surface area (Å²) in [7, 11) is 0. The van der Waals surface area contributed by atoms with E-state index in [4.69, 9.17) is 23.2 Å². The zero-order chi connectivity index (χ0) is 14.5. The van der Waals surface area contributed by atoms with Crippen molar-refractivity contribution in [1.29, 1.82) is 0 Å². The number of benzene rings is 1. The van der Waals surface area contributed by atoms with Crippen molar-refractivity contribution in [2.45, 2.75) is 26.3 Å². The molecule has 0 aliphatic carbocycles. The number of rotatable bonds is 5. The van der Waals surface area contributed by atoms with E-state index in [0.717, 1.165) is 29.8 Å². The third kappa shape index (κ3) is 3.32. The van der Waals surface area contributed by atoms with Crippen LogP contribution in [0.3, 0.4) is 0 Å². The van der Waals surface area contributed by atoms with Gasteiger partial charge in [-0.3, -0.25) is 4.98 Å². The summed E-state index contributed by atoms with van der Waals surface area (Å²) in [6.07, 6.45) is 2.85. The van der Waals surface area contributed by atoms with Crippen molar-refractivity contribution in [3.8, 4) is 0 Å². The van der Waals surface area contributed by atoms with Crippen LogP contribution in [0.5, 0.6) is 0 Å². The molecule has 0 saturated carbocycles. The predicted molar refractivity (Wildman–Crippen MR) is 85.6 cm³/mol. The van der Waals surface area contributed by atoms with Crippen molar-refractivity contribution in [3.63, 3.8) is 0 Å². The van der Waals surface area contributed by atoms with E-state index in [2.05, 4.69) is 23.3 Å². The number of hydrogen-bond acceptors (Lipinski definition) is 2. The monoisotopic (exact) mass is 308 g/mol. The van der Waals surface area contributed by atoms with Crippen LogP contribution in [0.2, 0.25) is 10.0 Å². The molecule has 20 heavy (non-hydrogen) atoms. The molecule has 0 aliphatic heterocycles. The average molecular weight is 309 g/mol. The number of hydrogen-bond donors (Lipinski definition) is 1. The molecule has 106 valence electrons. The minimum Gasteiger partial charge on any atom is -0.306 e. The highest BCUT2D eigenvalue weighted by Gasteiger charge is 2.19. The molecule has 1 atom stereocenters. The first-order valence-electron chi connectivity index (χ1n) is 6.74. The maximum atomic E-state index is 6.38. The third-order valence-electron chi connectivity index (χ3n) is 3.25. The average Bonchev–Trinajstić information content (AvgIpc) is 2.45. The molecule has 1 aromatic carbocycles. The molecule has 0 bridgehead atoms. The molecule has 0 fully saturated rings. The summed E-state index contributed by atoms with van der Waals surface area (Å²) in [6.45, 7) is 5.05. The normalized spacial score (nSPS) is 12.4. The summed E-state index contributed by atoms with van der Waals surface area (Å²) in [5.74, 6) is 0. The van der Waals surface area contributed by atoms with Crippen LogP contribution in [0.4, 0.5) is 0 Å². The van der Waals surface area contributed by atoms with Crippen LogP contribution < -0.4 is 5.32 Å². The van der Waals surface area contributed by atoms with E-state index < -0.39 is 0 Å². The Morgan fingerprint density at radius 1 is 1.15 bits per heavy atom. The van der Waals surface area contributed by atoms with Gasteiger partial charge in [-0.15, -0.1) is 0 Å². The van der Waals surface area contributed by atoms with Gasteiger partial charge in [0.1, 0.15) is 0 Å². The zero-order valence-electron chi connectivity index (χ0n) is 11.7. The van der Waals surface area contributed by atoms with Gasteiger partial charge in [0.15, 0.2) is 0 Å². The minimum absolute atomic E-state index is 0.00912. The maximum Gasteiger partial charge on any atom is 0.0643 e. The number of aromatic nitrogens is 1. The molecule has 1 N–H and O–H groups in total. The number of pyridine rings is 1. The fourth-order valence-electron chi connectivity index (χ4n) is 2.22. The lowest BCUT2D eigenvalue weighted by atomic mass is 9.97. The first-order valence-corrected chi connectivity index (χ1v) is 7.49. The second-order valence-electron chi connectivity index (χ2n) is 4.71. The van der Waals surface area contributed by atoms with Crippen molar-refractivity contribution >= 4 is 23.2 Å². The summed E-state index contributed by atoms with van der Waals surface area (Å²) in [5, 5.41) is 4.71. The standard InChI is InChI=1S/C16H18Cl2N2/c1-3-9-20-16(12-7-5-10-19-11(12)2)13-6-4-8-14(17)15(13)18/h4-8,10,16,20H,3,9H2,1-2H3. The Bertz CT molecular complexity index is 584. The van der Waals surface area contributed by atoms with E-state index in [9.17, 15) is 0 Å². The van der Waals surface area contributed by atoms with Crippen LogP contribution in [-0.2, 0) is 0 Å². The molecule has 4 heteroatoms. The molecule has 0 saturated heterocycles. The Kier molecular flexibility index (Phi) is 5.41. The number of aryl methyl sites for hydroxylation is 1. The summed E-state index contributed by atoms with van der Waals surface area (Å²) < 4.78 is 0. The summed E-state index contributed by atoms with van der Waals surface area (Å²) in [5.41, 5.74) is 3.12. The molecule has 2 nitrogen and oxygen atoms in total. The van der Waals surface area contributed by atoms with Crippen molar-refractivity contribution in [2.75, 3.05) is 6.54 Å².